The lowest BCUT2D eigenvalue weighted by Gasteiger charge is -2.45. The second-order valence-electron chi connectivity index (χ2n) is 4.91. The lowest BCUT2D eigenvalue weighted by Crippen LogP contribution is -2.61. The summed E-state index contributed by atoms with van der Waals surface area (Å²) in [5.74, 6) is -0.629. The van der Waals surface area contributed by atoms with Gasteiger partial charge in [-0.3, -0.25) is 4.79 Å². The Kier molecular flexibility index (Phi) is 4.05. The van der Waals surface area contributed by atoms with Crippen LogP contribution in [0.1, 0.15) is 19.3 Å². The Balaban J connectivity index is 2.20. The summed E-state index contributed by atoms with van der Waals surface area (Å²) in [6, 6.07) is -0.696. The molecule has 6 nitrogen and oxygen atoms in total. The van der Waals surface area contributed by atoms with Gasteiger partial charge in [-0.25, -0.2) is 4.79 Å². The average molecular weight is 286 g/mol. The molecule has 1 heterocycles. The van der Waals surface area contributed by atoms with Gasteiger partial charge in [-0.15, -0.1) is 0 Å². The van der Waals surface area contributed by atoms with Crippen LogP contribution in [0.2, 0.25) is 0 Å². The standard InChI is InChI=1S/C12H18N2O4S/c1-17-9(15)8-7-18-6-5-14(8)11(16)12(10(13)19)3-2-4-12/h8H,2-7H2,1H3,(H2,13,19). The normalized spacial score (nSPS) is 25.3. The van der Waals surface area contributed by atoms with Crippen LogP contribution in [0.5, 0.6) is 0 Å². The molecule has 0 aromatic rings. The van der Waals surface area contributed by atoms with Crippen molar-refractivity contribution >= 4 is 29.1 Å². The van der Waals surface area contributed by atoms with Crippen LogP contribution in [0.15, 0.2) is 0 Å². The van der Waals surface area contributed by atoms with Crippen molar-refractivity contribution in [2.24, 2.45) is 11.1 Å². The van der Waals surface area contributed by atoms with E-state index in [9.17, 15) is 9.59 Å². The van der Waals surface area contributed by atoms with Crippen molar-refractivity contribution in [3.63, 3.8) is 0 Å². The van der Waals surface area contributed by atoms with Gasteiger partial charge in [-0.2, -0.15) is 0 Å². The summed E-state index contributed by atoms with van der Waals surface area (Å²) in [6.07, 6.45) is 2.25. The van der Waals surface area contributed by atoms with Crippen LogP contribution in [0.4, 0.5) is 0 Å². The molecule has 0 radical (unpaired) electrons. The molecule has 1 aliphatic heterocycles. The first kappa shape index (κ1) is 14.2. The number of nitrogens with two attached hydrogens (primary N) is 1. The lowest BCUT2D eigenvalue weighted by molar-refractivity contribution is -0.165. The van der Waals surface area contributed by atoms with E-state index in [4.69, 9.17) is 27.4 Å². The smallest absolute Gasteiger partial charge is 0.331 e. The first-order valence-corrected chi connectivity index (χ1v) is 6.70. The third-order valence-corrected chi connectivity index (χ3v) is 4.34. The van der Waals surface area contributed by atoms with Crippen LogP contribution < -0.4 is 5.73 Å². The van der Waals surface area contributed by atoms with Gasteiger partial charge in [0, 0.05) is 6.54 Å². The van der Waals surface area contributed by atoms with E-state index in [0.717, 1.165) is 6.42 Å². The third kappa shape index (κ3) is 2.32. The number of rotatable bonds is 3. The van der Waals surface area contributed by atoms with E-state index in [1.54, 1.807) is 0 Å². The molecule has 7 heteroatoms. The molecule has 0 bridgehead atoms. The number of ether oxygens (including phenoxy) is 2. The number of esters is 1. The molecular formula is C12H18N2O4S. The van der Waals surface area contributed by atoms with Gasteiger partial charge < -0.3 is 20.1 Å². The van der Waals surface area contributed by atoms with Gasteiger partial charge in [0.2, 0.25) is 5.91 Å². The van der Waals surface area contributed by atoms with E-state index >= 15 is 0 Å². The number of thiocarbonyl (C=S) groups is 1. The highest BCUT2D eigenvalue weighted by Gasteiger charge is 2.51. The van der Waals surface area contributed by atoms with E-state index in [0.29, 0.717) is 26.0 Å². The van der Waals surface area contributed by atoms with Crippen LogP contribution in [0.3, 0.4) is 0 Å². The van der Waals surface area contributed by atoms with Gasteiger partial charge in [0.05, 0.1) is 30.7 Å². The van der Waals surface area contributed by atoms with Crippen LogP contribution in [-0.4, -0.2) is 54.7 Å². The third-order valence-electron chi connectivity index (χ3n) is 3.95. The van der Waals surface area contributed by atoms with E-state index in [-0.39, 0.29) is 17.5 Å². The first-order chi connectivity index (χ1) is 9.03. The molecule has 1 amide bonds. The molecule has 0 spiro atoms. The minimum atomic E-state index is -0.765. The zero-order chi connectivity index (χ0) is 14.0. The van der Waals surface area contributed by atoms with E-state index in [2.05, 4.69) is 0 Å². The van der Waals surface area contributed by atoms with Crippen LogP contribution in [-0.2, 0) is 19.1 Å². The monoisotopic (exact) mass is 286 g/mol. The highest BCUT2D eigenvalue weighted by atomic mass is 32.1. The molecule has 1 aliphatic carbocycles. The number of nitrogens with zero attached hydrogens (tertiary/aromatic N) is 1. The Morgan fingerprint density at radius 3 is 2.63 bits per heavy atom. The molecule has 106 valence electrons. The summed E-state index contributed by atoms with van der Waals surface area (Å²) >= 11 is 5.04. The molecule has 1 saturated heterocycles. The number of methoxy groups -OCH3 is 1. The molecule has 2 fully saturated rings. The number of hydrogen-bond acceptors (Lipinski definition) is 5. The van der Waals surface area contributed by atoms with Crippen molar-refractivity contribution in [3.8, 4) is 0 Å². The molecule has 2 N–H and O–H groups in total. The predicted molar refractivity (Wildman–Crippen MR) is 71.4 cm³/mol. The summed E-state index contributed by atoms with van der Waals surface area (Å²) in [7, 11) is 1.30. The van der Waals surface area contributed by atoms with Crippen LogP contribution >= 0.6 is 12.2 Å². The number of morpholine rings is 1. The molecule has 0 aromatic heterocycles. The fraction of sp³-hybridized carbons (Fsp3) is 0.750. The summed E-state index contributed by atoms with van der Waals surface area (Å²) in [6.45, 7) is 0.932. The van der Waals surface area contributed by atoms with Crippen LogP contribution in [0, 0.1) is 5.41 Å². The van der Waals surface area contributed by atoms with Crippen molar-refractivity contribution in [2.45, 2.75) is 25.3 Å². The largest absolute Gasteiger partial charge is 0.467 e. The number of hydrogen-bond donors (Lipinski definition) is 1. The Bertz CT molecular complexity index is 409. The fourth-order valence-corrected chi connectivity index (χ4v) is 2.84. The zero-order valence-corrected chi connectivity index (χ0v) is 11.7. The summed E-state index contributed by atoms with van der Waals surface area (Å²) in [4.78, 5) is 26.1. The maximum atomic E-state index is 12.7. The molecule has 0 aromatic carbocycles. The van der Waals surface area contributed by atoms with Gasteiger partial charge in [-0.1, -0.05) is 18.6 Å². The SMILES string of the molecule is COC(=O)C1COCCN1C(=O)C1(C(N)=S)CCC1. The summed E-state index contributed by atoms with van der Waals surface area (Å²) in [5, 5.41) is 0. The molecule has 1 atom stereocenters. The molecule has 2 rings (SSSR count). The highest BCUT2D eigenvalue weighted by molar-refractivity contribution is 7.80. The summed E-state index contributed by atoms with van der Waals surface area (Å²) in [5.41, 5.74) is 4.97. The van der Waals surface area contributed by atoms with E-state index in [1.165, 1.54) is 12.0 Å². The average Bonchev–Trinajstić information content (AvgIpc) is 2.36. The number of carbonyl (C=O) groups is 2. The molecule has 2 aliphatic rings. The molecule has 19 heavy (non-hydrogen) atoms. The second-order valence-corrected chi connectivity index (χ2v) is 5.35. The van der Waals surface area contributed by atoms with Gasteiger partial charge >= 0.3 is 5.97 Å². The number of amides is 1. The Morgan fingerprint density at radius 1 is 1.47 bits per heavy atom. The van der Waals surface area contributed by atoms with Gasteiger partial charge in [0.25, 0.3) is 0 Å². The Hall–Kier alpha value is -1.21. The van der Waals surface area contributed by atoms with Crippen molar-refractivity contribution in [1.29, 1.82) is 0 Å². The van der Waals surface area contributed by atoms with Gasteiger partial charge in [-0.05, 0) is 12.8 Å². The predicted octanol–water partition coefficient (Wildman–Crippen LogP) is -0.157. The minimum Gasteiger partial charge on any atom is -0.467 e. The fourth-order valence-electron chi connectivity index (χ4n) is 2.55. The van der Waals surface area contributed by atoms with E-state index < -0.39 is 17.4 Å². The van der Waals surface area contributed by atoms with Crippen molar-refractivity contribution in [1.82, 2.24) is 4.90 Å². The highest BCUT2D eigenvalue weighted by Crippen LogP contribution is 2.43. The zero-order valence-electron chi connectivity index (χ0n) is 10.9. The quantitative estimate of drug-likeness (QED) is 0.573. The van der Waals surface area contributed by atoms with Crippen molar-refractivity contribution in [3.05, 3.63) is 0 Å². The summed E-state index contributed by atoms with van der Waals surface area (Å²) < 4.78 is 9.97. The van der Waals surface area contributed by atoms with Crippen molar-refractivity contribution in [2.75, 3.05) is 26.9 Å². The minimum absolute atomic E-state index is 0.159. The lowest BCUT2D eigenvalue weighted by atomic mass is 9.67. The van der Waals surface area contributed by atoms with Gasteiger partial charge in [0.1, 0.15) is 0 Å². The maximum absolute atomic E-state index is 12.7. The first-order valence-electron chi connectivity index (χ1n) is 6.29. The number of carbonyl (C=O) groups excluding carboxylic acids is 2. The Morgan fingerprint density at radius 2 is 2.16 bits per heavy atom. The molecule has 1 saturated carbocycles. The second kappa shape index (κ2) is 5.42. The van der Waals surface area contributed by atoms with Gasteiger partial charge in [0.15, 0.2) is 6.04 Å². The topological polar surface area (TPSA) is 81.9 Å². The Labute approximate surface area is 117 Å². The van der Waals surface area contributed by atoms with Crippen molar-refractivity contribution < 1.29 is 19.1 Å². The molecule has 1 unspecified atom stereocenters. The van der Waals surface area contributed by atoms with Crippen LogP contribution in [0.25, 0.3) is 0 Å². The maximum Gasteiger partial charge on any atom is 0.331 e. The van der Waals surface area contributed by atoms with E-state index in [1.807, 2.05) is 0 Å². The molecular weight excluding hydrogens is 268 g/mol.